The van der Waals surface area contributed by atoms with Gasteiger partial charge >= 0.3 is 5.69 Å². The van der Waals surface area contributed by atoms with Gasteiger partial charge in [-0.15, -0.1) is 0 Å². The first-order valence-electron chi connectivity index (χ1n) is 6.84. The summed E-state index contributed by atoms with van der Waals surface area (Å²) in [5.74, 6) is -0.753. The third kappa shape index (κ3) is 2.85. The molecule has 1 saturated carbocycles. The van der Waals surface area contributed by atoms with E-state index in [-0.39, 0.29) is 0 Å². The van der Waals surface area contributed by atoms with Crippen LogP contribution in [-0.2, 0) is 0 Å². The minimum absolute atomic E-state index is 0.291. The first kappa shape index (κ1) is 13.8. The molecule has 5 heteroatoms. The first-order valence-corrected chi connectivity index (χ1v) is 6.84. The van der Waals surface area contributed by atoms with Crippen LogP contribution in [0.2, 0.25) is 0 Å². The predicted octanol–water partition coefficient (Wildman–Crippen LogP) is 3.89. The standard InChI is InChI=1S/C14H19FN2O2/c1-2-16(11-7-4-3-5-8-11)13-10-6-9-12(15)14(13)17(18)19/h6,9-11H,2-5,7-8H2,1H3. The van der Waals surface area contributed by atoms with Crippen LogP contribution in [0.15, 0.2) is 18.2 Å². The highest BCUT2D eigenvalue weighted by molar-refractivity contribution is 5.64. The minimum Gasteiger partial charge on any atom is -0.363 e. The maximum Gasteiger partial charge on any atom is 0.327 e. The third-order valence-corrected chi connectivity index (χ3v) is 3.81. The van der Waals surface area contributed by atoms with E-state index in [1.807, 2.05) is 11.8 Å². The molecule has 0 aliphatic heterocycles. The fraction of sp³-hybridized carbons (Fsp3) is 0.571. The monoisotopic (exact) mass is 266 g/mol. The molecule has 1 aliphatic carbocycles. The Morgan fingerprint density at radius 3 is 2.63 bits per heavy atom. The fourth-order valence-corrected chi connectivity index (χ4v) is 2.93. The molecule has 0 atom stereocenters. The number of nitro groups is 1. The van der Waals surface area contributed by atoms with Gasteiger partial charge in [0.05, 0.1) is 4.92 Å². The van der Waals surface area contributed by atoms with E-state index in [2.05, 4.69) is 0 Å². The molecule has 4 nitrogen and oxygen atoms in total. The molecule has 1 aromatic carbocycles. The zero-order valence-electron chi connectivity index (χ0n) is 11.1. The Kier molecular flexibility index (Phi) is 4.35. The summed E-state index contributed by atoms with van der Waals surface area (Å²) in [5.41, 5.74) is 0.0225. The first-order chi connectivity index (χ1) is 9.15. The number of hydrogen-bond acceptors (Lipinski definition) is 3. The molecule has 0 amide bonds. The van der Waals surface area contributed by atoms with Crippen molar-refractivity contribution in [2.75, 3.05) is 11.4 Å². The number of rotatable bonds is 4. The molecule has 0 saturated heterocycles. The number of benzene rings is 1. The highest BCUT2D eigenvalue weighted by atomic mass is 19.1. The number of para-hydroxylation sites is 1. The number of nitro benzene ring substituents is 1. The van der Waals surface area contributed by atoms with E-state index in [0.29, 0.717) is 18.3 Å². The summed E-state index contributed by atoms with van der Waals surface area (Å²) in [7, 11) is 0. The van der Waals surface area contributed by atoms with Crippen LogP contribution in [0.4, 0.5) is 15.8 Å². The predicted molar refractivity (Wildman–Crippen MR) is 72.9 cm³/mol. The Hall–Kier alpha value is -1.65. The average Bonchev–Trinajstić information content (AvgIpc) is 2.40. The summed E-state index contributed by atoms with van der Waals surface area (Å²) >= 11 is 0. The Bertz CT molecular complexity index is 459. The van der Waals surface area contributed by atoms with Crippen molar-refractivity contribution in [3.63, 3.8) is 0 Å². The molecule has 2 rings (SSSR count). The highest BCUT2D eigenvalue weighted by Crippen LogP contribution is 2.35. The van der Waals surface area contributed by atoms with Gasteiger partial charge in [0.25, 0.3) is 0 Å². The molecule has 0 aromatic heterocycles. The zero-order valence-corrected chi connectivity index (χ0v) is 11.1. The Morgan fingerprint density at radius 1 is 1.37 bits per heavy atom. The molecule has 19 heavy (non-hydrogen) atoms. The van der Waals surface area contributed by atoms with Gasteiger partial charge < -0.3 is 4.90 Å². The summed E-state index contributed by atoms with van der Waals surface area (Å²) in [4.78, 5) is 12.5. The van der Waals surface area contributed by atoms with E-state index in [1.54, 1.807) is 12.1 Å². The molecular weight excluding hydrogens is 247 g/mol. The topological polar surface area (TPSA) is 46.4 Å². The van der Waals surface area contributed by atoms with E-state index in [0.717, 1.165) is 31.7 Å². The number of halogens is 1. The SMILES string of the molecule is CCN(c1cccc(F)c1[N+](=O)[O-])C1CCCCC1. The molecule has 0 spiro atoms. The van der Waals surface area contributed by atoms with Gasteiger partial charge in [0.15, 0.2) is 0 Å². The van der Waals surface area contributed by atoms with Crippen LogP contribution in [0.5, 0.6) is 0 Å². The number of nitrogens with zero attached hydrogens (tertiary/aromatic N) is 2. The molecule has 0 unspecified atom stereocenters. The summed E-state index contributed by atoms with van der Waals surface area (Å²) < 4.78 is 13.7. The second-order valence-corrected chi connectivity index (χ2v) is 4.94. The highest BCUT2D eigenvalue weighted by Gasteiger charge is 2.28. The van der Waals surface area contributed by atoms with Gasteiger partial charge in [-0.05, 0) is 31.9 Å². The Labute approximate surface area is 112 Å². The molecular formula is C14H19FN2O2. The van der Waals surface area contributed by atoms with Crippen LogP contribution in [0, 0.1) is 15.9 Å². The van der Waals surface area contributed by atoms with Crippen molar-refractivity contribution in [1.82, 2.24) is 0 Å². The van der Waals surface area contributed by atoms with Gasteiger partial charge in [0, 0.05) is 12.6 Å². The molecule has 0 heterocycles. The molecule has 1 aromatic rings. The molecule has 1 aliphatic rings. The average molecular weight is 266 g/mol. The van der Waals surface area contributed by atoms with Crippen molar-refractivity contribution in [3.8, 4) is 0 Å². The van der Waals surface area contributed by atoms with Crippen LogP contribution in [0.3, 0.4) is 0 Å². The second-order valence-electron chi connectivity index (χ2n) is 4.94. The van der Waals surface area contributed by atoms with E-state index in [1.165, 1.54) is 6.42 Å². The lowest BCUT2D eigenvalue weighted by molar-refractivity contribution is -0.386. The van der Waals surface area contributed by atoms with Crippen molar-refractivity contribution >= 4 is 11.4 Å². The number of hydrogen-bond donors (Lipinski definition) is 0. The lowest BCUT2D eigenvalue weighted by atomic mass is 9.93. The molecule has 0 N–H and O–H groups in total. The molecule has 0 radical (unpaired) electrons. The van der Waals surface area contributed by atoms with Crippen molar-refractivity contribution in [1.29, 1.82) is 0 Å². The zero-order chi connectivity index (χ0) is 13.8. The van der Waals surface area contributed by atoms with Crippen molar-refractivity contribution < 1.29 is 9.31 Å². The number of anilines is 1. The largest absolute Gasteiger partial charge is 0.363 e. The van der Waals surface area contributed by atoms with Crippen molar-refractivity contribution in [2.45, 2.75) is 45.1 Å². The Morgan fingerprint density at radius 2 is 2.05 bits per heavy atom. The molecule has 0 bridgehead atoms. The van der Waals surface area contributed by atoms with Gasteiger partial charge in [0.2, 0.25) is 5.82 Å². The quantitative estimate of drug-likeness (QED) is 0.613. The Balaban J connectivity index is 2.37. The smallest absolute Gasteiger partial charge is 0.327 e. The second kappa shape index (κ2) is 5.99. The van der Waals surface area contributed by atoms with Gasteiger partial charge in [0.1, 0.15) is 5.69 Å². The van der Waals surface area contributed by atoms with Crippen LogP contribution < -0.4 is 4.90 Å². The normalized spacial score (nSPS) is 16.3. The van der Waals surface area contributed by atoms with E-state index >= 15 is 0 Å². The summed E-state index contributed by atoms with van der Waals surface area (Å²) in [6.45, 7) is 2.62. The minimum atomic E-state index is -0.753. The summed E-state index contributed by atoms with van der Waals surface area (Å²) in [5, 5.41) is 11.1. The van der Waals surface area contributed by atoms with Crippen LogP contribution in [0.1, 0.15) is 39.0 Å². The van der Waals surface area contributed by atoms with Crippen molar-refractivity contribution in [2.24, 2.45) is 0 Å². The maximum absolute atomic E-state index is 13.7. The lowest BCUT2D eigenvalue weighted by Gasteiger charge is -2.35. The van der Waals surface area contributed by atoms with Crippen molar-refractivity contribution in [3.05, 3.63) is 34.1 Å². The van der Waals surface area contributed by atoms with Crippen LogP contribution in [-0.4, -0.2) is 17.5 Å². The van der Waals surface area contributed by atoms with Gasteiger partial charge in [-0.2, -0.15) is 4.39 Å². The molecule has 1 fully saturated rings. The van der Waals surface area contributed by atoms with E-state index < -0.39 is 16.4 Å². The van der Waals surface area contributed by atoms with Crippen LogP contribution in [0.25, 0.3) is 0 Å². The molecule has 104 valence electrons. The lowest BCUT2D eigenvalue weighted by Crippen LogP contribution is -2.37. The van der Waals surface area contributed by atoms with E-state index in [4.69, 9.17) is 0 Å². The van der Waals surface area contributed by atoms with Gasteiger partial charge in [-0.1, -0.05) is 25.3 Å². The summed E-state index contributed by atoms with van der Waals surface area (Å²) in [6, 6.07) is 4.64. The fourth-order valence-electron chi connectivity index (χ4n) is 2.93. The maximum atomic E-state index is 13.7. The van der Waals surface area contributed by atoms with Gasteiger partial charge in [-0.25, -0.2) is 0 Å². The van der Waals surface area contributed by atoms with Gasteiger partial charge in [-0.3, -0.25) is 10.1 Å². The summed E-state index contributed by atoms with van der Waals surface area (Å²) in [6.07, 6.45) is 5.57. The third-order valence-electron chi connectivity index (χ3n) is 3.81. The van der Waals surface area contributed by atoms with Crippen LogP contribution >= 0.6 is 0 Å². The van der Waals surface area contributed by atoms with E-state index in [9.17, 15) is 14.5 Å².